The number of ether oxygens (including phenoxy) is 2. The molecule has 1 aliphatic rings. The summed E-state index contributed by atoms with van der Waals surface area (Å²) in [6, 6.07) is 11.1. The Labute approximate surface area is 147 Å². The summed E-state index contributed by atoms with van der Waals surface area (Å²) in [5.41, 5.74) is 1.40. The van der Waals surface area contributed by atoms with Crippen molar-refractivity contribution in [3.8, 4) is 5.75 Å². The minimum absolute atomic E-state index is 0.455. The molecule has 0 spiro atoms. The number of para-hydroxylation sites is 1. The predicted octanol–water partition coefficient (Wildman–Crippen LogP) is 4.16. The number of hydrogen-bond acceptors (Lipinski definition) is 6. The van der Waals surface area contributed by atoms with Crippen LogP contribution >= 0.6 is 23.8 Å². The molecule has 0 N–H and O–H groups in total. The van der Waals surface area contributed by atoms with E-state index in [-0.39, 0.29) is 0 Å². The number of rotatable bonds is 5. The molecule has 24 heavy (non-hydrogen) atoms. The lowest BCUT2D eigenvalue weighted by Gasteiger charge is -2.11. The second-order valence-electron chi connectivity index (χ2n) is 5.02. The zero-order chi connectivity index (χ0) is 16.4. The summed E-state index contributed by atoms with van der Waals surface area (Å²) in [6.07, 6.45) is 3.02. The molecule has 124 valence electrons. The number of hydrogen-bond donors (Lipinski definition) is 0. The highest BCUT2D eigenvalue weighted by atomic mass is 35.5. The van der Waals surface area contributed by atoms with Crippen LogP contribution in [0, 0.1) is 0 Å². The molecule has 2 aromatic heterocycles. The number of halogens is 1. The van der Waals surface area contributed by atoms with Crippen LogP contribution in [0.1, 0.15) is 11.9 Å². The van der Waals surface area contributed by atoms with Crippen LogP contribution in [0.25, 0.3) is 11.0 Å². The van der Waals surface area contributed by atoms with Gasteiger partial charge in [0.1, 0.15) is 0 Å². The van der Waals surface area contributed by atoms with Gasteiger partial charge in [-0.15, -0.1) is 0 Å². The van der Waals surface area contributed by atoms with E-state index in [1.165, 1.54) is 0 Å². The Morgan fingerprint density at radius 2 is 1.96 bits per heavy atom. The molecule has 0 bridgehead atoms. The van der Waals surface area contributed by atoms with Crippen LogP contribution in [-0.4, -0.2) is 22.2 Å². The average Bonchev–Trinajstić information content (AvgIpc) is 3.27. The lowest BCUT2D eigenvalue weighted by molar-refractivity contribution is -0.0785. The highest BCUT2D eigenvalue weighted by molar-refractivity contribution is 7.93. The number of benzene rings is 1. The van der Waals surface area contributed by atoms with Gasteiger partial charge >= 0.3 is 0 Å². The van der Waals surface area contributed by atoms with Gasteiger partial charge in [-0.05, 0) is 18.2 Å². The average molecular weight is 365 g/mol. The Morgan fingerprint density at radius 3 is 2.75 bits per heavy atom. The molecule has 1 saturated heterocycles. The van der Waals surface area contributed by atoms with Crippen LogP contribution < -0.4 is 4.89 Å². The third-order valence-electron chi connectivity index (χ3n) is 3.50. The second kappa shape index (κ2) is 7.00. The Hall–Kier alpha value is -1.77. The largest absolute Gasteiger partial charge is 0.346 e. The number of pyridine rings is 1. The molecule has 1 aliphatic heterocycles. The van der Waals surface area contributed by atoms with Crippen LogP contribution in [-0.2, 0) is 13.8 Å². The first-order valence-electron chi connectivity index (χ1n) is 7.28. The van der Waals surface area contributed by atoms with E-state index in [9.17, 15) is 0 Å². The lowest BCUT2D eigenvalue weighted by atomic mass is 10.2. The van der Waals surface area contributed by atoms with Gasteiger partial charge < -0.3 is 14.4 Å². The van der Waals surface area contributed by atoms with Crippen molar-refractivity contribution in [2.45, 2.75) is 6.29 Å². The number of nitrogens with zero attached hydrogens (tertiary/aromatic N) is 2. The molecule has 6 nitrogen and oxygen atoms in total. The Bertz CT molecular complexity index is 837. The molecule has 3 heterocycles. The Kier molecular flexibility index (Phi) is 4.59. The summed E-state index contributed by atoms with van der Waals surface area (Å²) in [7, 11) is 0. The smallest absolute Gasteiger partial charge is 0.186 e. The maximum atomic E-state index is 6.47. The van der Waals surface area contributed by atoms with E-state index >= 15 is 0 Å². The fourth-order valence-corrected chi connectivity index (χ4v) is 3.16. The standard InChI is InChI=1S/C16H13ClN2O4S/c17-14-12-6-7-19(24-23-22-11-4-2-1-3-5-11)15(12)18-10-13(14)16-20-8-9-21-16/h1-7,10,16H,8-9H2. The molecule has 8 heteroatoms. The van der Waals surface area contributed by atoms with Gasteiger partial charge in [0.05, 0.1) is 18.2 Å². The topological polar surface area (TPSA) is 54.7 Å². The molecule has 0 radical (unpaired) electrons. The molecule has 0 aliphatic carbocycles. The van der Waals surface area contributed by atoms with E-state index in [1.54, 1.807) is 22.3 Å². The van der Waals surface area contributed by atoms with Gasteiger partial charge in [-0.2, -0.15) is 0 Å². The van der Waals surface area contributed by atoms with Crippen molar-refractivity contribution < 1.29 is 18.7 Å². The highest BCUT2D eigenvalue weighted by Gasteiger charge is 2.23. The fourth-order valence-electron chi connectivity index (χ4n) is 2.37. The fraction of sp³-hybridized carbons (Fsp3) is 0.188. The SMILES string of the molecule is Clc1c(C2OCCO2)cnc2c1ccn2SOOc1ccccc1. The minimum atomic E-state index is -0.455. The van der Waals surface area contributed by atoms with Gasteiger partial charge in [-0.25, -0.2) is 8.96 Å². The van der Waals surface area contributed by atoms with Crippen LogP contribution in [0.2, 0.25) is 5.02 Å². The molecule has 1 fully saturated rings. The van der Waals surface area contributed by atoms with E-state index in [0.29, 0.717) is 29.6 Å². The van der Waals surface area contributed by atoms with Gasteiger partial charge in [0, 0.05) is 23.3 Å². The predicted molar refractivity (Wildman–Crippen MR) is 90.5 cm³/mol. The number of fused-ring (bicyclic) bond motifs is 1. The second-order valence-corrected chi connectivity index (χ2v) is 6.08. The third-order valence-corrected chi connectivity index (χ3v) is 4.51. The van der Waals surface area contributed by atoms with Crippen molar-refractivity contribution in [3.05, 3.63) is 59.4 Å². The molecule has 3 aromatic rings. The number of aromatic nitrogens is 2. The van der Waals surface area contributed by atoms with Crippen LogP contribution in [0.5, 0.6) is 5.75 Å². The zero-order valence-electron chi connectivity index (χ0n) is 12.4. The summed E-state index contributed by atoms with van der Waals surface area (Å²) in [5.74, 6) is 0.616. The maximum absolute atomic E-state index is 6.47. The maximum Gasteiger partial charge on any atom is 0.186 e. The van der Waals surface area contributed by atoms with Crippen molar-refractivity contribution in [3.63, 3.8) is 0 Å². The van der Waals surface area contributed by atoms with Gasteiger partial charge in [0.25, 0.3) is 0 Å². The van der Waals surface area contributed by atoms with E-state index in [0.717, 1.165) is 23.2 Å². The summed E-state index contributed by atoms with van der Waals surface area (Å²) in [6.45, 7) is 1.11. The first kappa shape index (κ1) is 15.7. The molecule has 1 aromatic carbocycles. The van der Waals surface area contributed by atoms with Crippen molar-refractivity contribution in [1.82, 2.24) is 8.96 Å². The summed E-state index contributed by atoms with van der Waals surface area (Å²) >= 11 is 7.48. The third kappa shape index (κ3) is 3.09. The van der Waals surface area contributed by atoms with E-state index in [4.69, 9.17) is 30.3 Å². The van der Waals surface area contributed by atoms with Crippen molar-refractivity contribution >= 4 is 34.9 Å². The van der Waals surface area contributed by atoms with Gasteiger partial charge in [0.15, 0.2) is 29.9 Å². The highest BCUT2D eigenvalue weighted by Crippen LogP contribution is 2.35. The van der Waals surface area contributed by atoms with E-state index in [2.05, 4.69) is 4.98 Å². The molecular formula is C16H13ClN2O4S. The molecule has 0 atom stereocenters. The van der Waals surface area contributed by atoms with Crippen molar-refractivity contribution in [2.75, 3.05) is 13.2 Å². The Balaban J connectivity index is 1.51. The molecule has 4 rings (SSSR count). The first-order valence-corrected chi connectivity index (χ1v) is 8.36. The summed E-state index contributed by atoms with van der Waals surface area (Å²) in [5, 5.41) is 1.36. The summed E-state index contributed by atoms with van der Waals surface area (Å²) < 4.78 is 17.9. The van der Waals surface area contributed by atoms with Crippen LogP contribution in [0.15, 0.2) is 48.8 Å². The Morgan fingerprint density at radius 1 is 1.17 bits per heavy atom. The van der Waals surface area contributed by atoms with E-state index in [1.807, 2.05) is 30.5 Å². The van der Waals surface area contributed by atoms with Gasteiger partial charge in [0.2, 0.25) is 0 Å². The molecule has 0 amide bonds. The van der Waals surface area contributed by atoms with Crippen LogP contribution in [0.3, 0.4) is 0 Å². The van der Waals surface area contributed by atoms with Gasteiger partial charge in [-0.3, -0.25) is 0 Å². The molecule has 0 saturated carbocycles. The van der Waals surface area contributed by atoms with E-state index < -0.39 is 6.29 Å². The minimum Gasteiger partial charge on any atom is -0.346 e. The quantitative estimate of drug-likeness (QED) is 0.385. The van der Waals surface area contributed by atoms with Crippen LogP contribution in [0.4, 0.5) is 0 Å². The monoisotopic (exact) mass is 364 g/mol. The lowest BCUT2D eigenvalue weighted by Crippen LogP contribution is -2.01. The van der Waals surface area contributed by atoms with Crippen molar-refractivity contribution in [1.29, 1.82) is 0 Å². The zero-order valence-corrected chi connectivity index (χ0v) is 14.0. The molecular weight excluding hydrogens is 352 g/mol. The normalized spacial score (nSPS) is 15.2. The van der Waals surface area contributed by atoms with Gasteiger partial charge in [-0.1, -0.05) is 34.1 Å². The summed E-state index contributed by atoms with van der Waals surface area (Å²) in [4.78, 5) is 9.64. The van der Waals surface area contributed by atoms with Crippen molar-refractivity contribution in [2.24, 2.45) is 0 Å². The first-order chi connectivity index (χ1) is 11.8. The molecule has 0 unspecified atom stereocenters.